The van der Waals surface area contributed by atoms with Gasteiger partial charge in [-0.2, -0.15) is 0 Å². The van der Waals surface area contributed by atoms with Gasteiger partial charge in [-0.15, -0.1) is 11.3 Å². The summed E-state index contributed by atoms with van der Waals surface area (Å²) in [5.41, 5.74) is 0.660. The topological polar surface area (TPSA) is 123 Å². The van der Waals surface area contributed by atoms with Crippen molar-refractivity contribution in [2.75, 3.05) is 6.54 Å². The normalized spacial score (nSPS) is 13.1. The van der Waals surface area contributed by atoms with Crippen LogP contribution in [0.25, 0.3) is 0 Å². The molecule has 0 unspecified atom stereocenters. The summed E-state index contributed by atoms with van der Waals surface area (Å²) < 4.78 is 54.0. The predicted octanol–water partition coefficient (Wildman–Crippen LogP) is 3.46. The lowest BCUT2D eigenvalue weighted by Gasteiger charge is -2.18. The number of hydrogen-bond acceptors (Lipinski definition) is 7. The first kappa shape index (κ1) is 22.1. The number of thiophene rings is 1. The van der Waals surface area contributed by atoms with Crippen LogP contribution in [0.2, 0.25) is 0 Å². The zero-order valence-electron chi connectivity index (χ0n) is 15.8. The van der Waals surface area contributed by atoms with Crippen LogP contribution in [-0.4, -0.2) is 28.3 Å². The van der Waals surface area contributed by atoms with Crippen molar-refractivity contribution in [2.24, 2.45) is 0 Å². The number of sulfonamides is 1. The van der Waals surface area contributed by atoms with Crippen LogP contribution in [0.1, 0.15) is 15.7 Å². The number of nitro groups is 1. The molecule has 1 heterocycles. The quantitative estimate of drug-likeness (QED) is 0.401. The van der Waals surface area contributed by atoms with E-state index in [1.54, 1.807) is 29.6 Å². The SMILES string of the molecule is Cc1ccc(S(=O)(=O)[C@@H](CNS(=O)(=O)c2ccc([N+](=O)[O-])cc2)c2cccs2)cc1. The molecule has 0 amide bonds. The highest BCUT2D eigenvalue weighted by Crippen LogP contribution is 2.32. The van der Waals surface area contributed by atoms with E-state index in [2.05, 4.69) is 4.72 Å². The van der Waals surface area contributed by atoms with E-state index < -0.39 is 30.0 Å². The molecule has 0 saturated carbocycles. The number of non-ortho nitro benzene ring substituents is 1. The van der Waals surface area contributed by atoms with E-state index in [1.807, 2.05) is 6.92 Å². The molecule has 3 rings (SSSR count). The Morgan fingerprint density at radius 1 is 0.967 bits per heavy atom. The lowest BCUT2D eigenvalue weighted by Crippen LogP contribution is -2.31. The summed E-state index contributed by atoms with van der Waals surface area (Å²) in [6, 6.07) is 14.1. The van der Waals surface area contributed by atoms with Crippen molar-refractivity contribution < 1.29 is 21.8 Å². The number of nitrogens with zero attached hydrogens (tertiary/aromatic N) is 1. The molecule has 0 spiro atoms. The molecule has 0 bridgehead atoms. The Morgan fingerprint density at radius 2 is 1.57 bits per heavy atom. The minimum Gasteiger partial charge on any atom is -0.258 e. The van der Waals surface area contributed by atoms with E-state index >= 15 is 0 Å². The van der Waals surface area contributed by atoms with Gasteiger partial charge >= 0.3 is 0 Å². The van der Waals surface area contributed by atoms with Gasteiger partial charge in [0.05, 0.1) is 14.7 Å². The molecule has 0 aliphatic carbocycles. The zero-order valence-corrected chi connectivity index (χ0v) is 18.2. The predicted molar refractivity (Wildman–Crippen MR) is 114 cm³/mol. The van der Waals surface area contributed by atoms with E-state index in [9.17, 15) is 26.9 Å². The van der Waals surface area contributed by atoms with Gasteiger partial charge in [0.1, 0.15) is 5.25 Å². The molecule has 3 aromatic rings. The van der Waals surface area contributed by atoms with Crippen LogP contribution in [0, 0.1) is 17.0 Å². The lowest BCUT2D eigenvalue weighted by molar-refractivity contribution is -0.384. The standard InChI is InChI=1S/C19H18N2O6S3/c1-14-4-8-16(9-5-14)29(24,25)19(18-3-2-12-28-18)13-20-30(26,27)17-10-6-15(7-11-17)21(22)23/h2-12,19-20H,13H2,1H3/t19-/m0/s1. The van der Waals surface area contributed by atoms with Gasteiger partial charge in [0.25, 0.3) is 5.69 Å². The summed E-state index contributed by atoms with van der Waals surface area (Å²) in [5, 5.41) is 11.4. The van der Waals surface area contributed by atoms with Crippen LogP contribution < -0.4 is 4.72 Å². The molecule has 1 N–H and O–H groups in total. The molecular formula is C19H18N2O6S3. The largest absolute Gasteiger partial charge is 0.269 e. The third-order valence-corrected chi connectivity index (χ3v) is 9.07. The number of nitro benzene ring substituents is 1. The number of hydrogen-bond donors (Lipinski definition) is 1. The van der Waals surface area contributed by atoms with Gasteiger partial charge in [0, 0.05) is 23.6 Å². The fourth-order valence-corrected chi connectivity index (χ4v) is 6.68. The van der Waals surface area contributed by atoms with Gasteiger partial charge < -0.3 is 0 Å². The first-order valence-electron chi connectivity index (χ1n) is 8.69. The lowest BCUT2D eigenvalue weighted by atomic mass is 10.2. The molecule has 0 aliphatic rings. The van der Waals surface area contributed by atoms with E-state index in [1.165, 1.54) is 23.5 Å². The molecule has 0 saturated heterocycles. The van der Waals surface area contributed by atoms with Crippen LogP contribution >= 0.6 is 11.3 Å². The van der Waals surface area contributed by atoms with Gasteiger partial charge in [-0.05, 0) is 42.6 Å². The average Bonchev–Trinajstić information content (AvgIpc) is 3.22. The second-order valence-electron chi connectivity index (χ2n) is 6.47. The molecule has 1 atom stereocenters. The third-order valence-electron chi connectivity index (χ3n) is 4.40. The zero-order chi connectivity index (χ0) is 21.9. The number of nitrogens with one attached hydrogen (secondary N) is 1. The molecule has 158 valence electrons. The Morgan fingerprint density at radius 3 is 2.10 bits per heavy atom. The highest BCUT2D eigenvalue weighted by atomic mass is 32.2. The fraction of sp³-hybridized carbons (Fsp3) is 0.158. The Hall–Kier alpha value is -2.60. The highest BCUT2D eigenvalue weighted by Gasteiger charge is 2.31. The molecule has 1 aromatic heterocycles. The van der Waals surface area contributed by atoms with Crippen molar-refractivity contribution >= 4 is 36.9 Å². The van der Waals surface area contributed by atoms with Crippen LogP contribution in [0.4, 0.5) is 5.69 Å². The van der Waals surface area contributed by atoms with Crippen molar-refractivity contribution in [2.45, 2.75) is 22.0 Å². The minimum atomic E-state index is -4.07. The van der Waals surface area contributed by atoms with Gasteiger partial charge in [-0.3, -0.25) is 10.1 Å². The maximum Gasteiger partial charge on any atom is 0.269 e. The number of benzene rings is 2. The molecule has 8 nitrogen and oxygen atoms in total. The molecular weight excluding hydrogens is 448 g/mol. The summed E-state index contributed by atoms with van der Waals surface area (Å²) in [6.07, 6.45) is 0. The van der Waals surface area contributed by atoms with Crippen molar-refractivity contribution in [1.82, 2.24) is 4.72 Å². The second kappa shape index (κ2) is 8.64. The fourth-order valence-electron chi connectivity index (χ4n) is 2.75. The number of sulfone groups is 1. The molecule has 2 aromatic carbocycles. The molecule has 0 radical (unpaired) electrons. The number of aryl methyl sites for hydroxylation is 1. The summed E-state index contributed by atoms with van der Waals surface area (Å²) in [7, 11) is -7.94. The highest BCUT2D eigenvalue weighted by molar-refractivity contribution is 7.92. The van der Waals surface area contributed by atoms with Gasteiger partial charge in [0.2, 0.25) is 10.0 Å². The molecule has 11 heteroatoms. The van der Waals surface area contributed by atoms with Crippen molar-refractivity contribution in [3.8, 4) is 0 Å². The first-order chi connectivity index (χ1) is 14.1. The van der Waals surface area contributed by atoms with E-state index in [-0.39, 0.29) is 22.0 Å². The van der Waals surface area contributed by atoms with E-state index in [0.29, 0.717) is 4.88 Å². The Kier molecular flexibility index (Phi) is 6.36. The van der Waals surface area contributed by atoms with Crippen molar-refractivity contribution in [3.05, 3.63) is 86.6 Å². The van der Waals surface area contributed by atoms with Crippen molar-refractivity contribution in [1.29, 1.82) is 0 Å². The average molecular weight is 467 g/mol. The monoisotopic (exact) mass is 466 g/mol. The molecule has 0 aliphatic heterocycles. The van der Waals surface area contributed by atoms with Crippen molar-refractivity contribution in [3.63, 3.8) is 0 Å². The number of rotatable bonds is 8. The van der Waals surface area contributed by atoms with Gasteiger partial charge in [-0.25, -0.2) is 21.6 Å². The van der Waals surface area contributed by atoms with Gasteiger partial charge in [-0.1, -0.05) is 23.8 Å². The maximum atomic E-state index is 13.2. The van der Waals surface area contributed by atoms with Gasteiger partial charge in [0.15, 0.2) is 9.84 Å². The van der Waals surface area contributed by atoms with Crippen LogP contribution in [0.15, 0.2) is 75.8 Å². The van der Waals surface area contributed by atoms with Crippen LogP contribution in [-0.2, 0) is 19.9 Å². The van der Waals surface area contributed by atoms with E-state index in [0.717, 1.165) is 29.8 Å². The summed E-state index contributed by atoms with van der Waals surface area (Å²) in [4.78, 5) is 10.5. The Balaban J connectivity index is 1.89. The Labute approximate surface area is 178 Å². The first-order valence-corrected chi connectivity index (χ1v) is 12.6. The maximum absolute atomic E-state index is 13.2. The Bertz CT molecular complexity index is 1230. The smallest absolute Gasteiger partial charge is 0.258 e. The third kappa shape index (κ3) is 4.75. The van der Waals surface area contributed by atoms with Crippen LogP contribution in [0.5, 0.6) is 0 Å². The van der Waals surface area contributed by atoms with Crippen LogP contribution in [0.3, 0.4) is 0 Å². The summed E-state index contributed by atoms with van der Waals surface area (Å²) >= 11 is 1.22. The summed E-state index contributed by atoms with van der Waals surface area (Å²) in [6.45, 7) is 1.46. The molecule has 30 heavy (non-hydrogen) atoms. The minimum absolute atomic E-state index is 0.0982. The van der Waals surface area contributed by atoms with E-state index in [4.69, 9.17) is 0 Å². The summed E-state index contributed by atoms with van der Waals surface area (Å²) in [5.74, 6) is 0. The molecule has 0 fully saturated rings. The second-order valence-corrected chi connectivity index (χ2v) is 11.3.